The van der Waals surface area contributed by atoms with Crippen molar-refractivity contribution in [3.05, 3.63) is 90.2 Å². The SMILES string of the molecule is C[C@@H]1C(=O)N(c2ccc(-c3ccccc3)cc2)CCN1Cc1ccccc1F. The molecule has 1 amide bonds. The molecule has 0 aromatic heterocycles. The van der Waals surface area contributed by atoms with Crippen LogP contribution in [-0.2, 0) is 11.3 Å². The second kappa shape index (κ2) is 7.95. The summed E-state index contributed by atoms with van der Waals surface area (Å²) in [7, 11) is 0. The van der Waals surface area contributed by atoms with Gasteiger partial charge in [-0.25, -0.2) is 4.39 Å². The number of hydrogen-bond donors (Lipinski definition) is 0. The minimum absolute atomic E-state index is 0.0510. The predicted molar refractivity (Wildman–Crippen MR) is 111 cm³/mol. The molecule has 1 heterocycles. The van der Waals surface area contributed by atoms with Crippen molar-refractivity contribution >= 4 is 11.6 Å². The first kappa shape index (κ1) is 18.4. The van der Waals surface area contributed by atoms with Gasteiger partial charge in [0, 0.05) is 30.9 Å². The van der Waals surface area contributed by atoms with Crippen LogP contribution in [0.3, 0.4) is 0 Å². The molecule has 0 N–H and O–H groups in total. The summed E-state index contributed by atoms with van der Waals surface area (Å²) in [6.45, 7) is 3.65. The number of hydrogen-bond acceptors (Lipinski definition) is 2. The van der Waals surface area contributed by atoms with Crippen LogP contribution in [0.4, 0.5) is 10.1 Å². The van der Waals surface area contributed by atoms with Crippen LogP contribution >= 0.6 is 0 Å². The van der Waals surface area contributed by atoms with Gasteiger partial charge in [-0.15, -0.1) is 0 Å². The first-order valence-electron chi connectivity index (χ1n) is 9.58. The Hall–Kier alpha value is -2.98. The largest absolute Gasteiger partial charge is 0.310 e. The Kier molecular flexibility index (Phi) is 5.22. The molecule has 0 spiro atoms. The molecule has 1 aliphatic heterocycles. The number of rotatable bonds is 4. The molecule has 3 aromatic carbocycles. The number of nitrogens with zero attached hydrogens (tertiary/aromatic N) is 2. The summed E-state index contributed by atoms with van der Waals surface area (Å²) < 4.78 is 14.0. The van der Waals surface area contributed by atoms with Crippen molar-refractivity contribution in [3.8, 4) is 11.1 Å². The fourth-order valence-corrected chi connectivity index (χ4v) is 3.70. The minimum atomic E-state index is -0.290. The number of benzene rings is 3. The number of amides is 1. The van der Waals surface area contributed by atoms with E-state index in [2.05, 4.69) is 12.1 Å². The number of carbonyl (C=O) groups excluding carboxylic acids is 1. The fraction of sp³-hybridized carbons (Fsp3) is 0.208. The van der Waals surface area contributed by atoms with Gasteiger partial charge in [0.05, 0.1) is 6.04 Å². The number of anilines is 1. The number of halogens is 1. The molecule has 0 unspecified atom stereocenters. The third-order valence-electron chi connectivity index (χ3n) is 5.40. The van der Waals surface area contributed by atoms with E-state index in [1.165, 1.54) is 6.07 Å². The third kappa shape index (κ3) is 3.69. The first-order valence-corrected chi connectivity index (χ1v) is 9.58. The first-order chi connectivity index (χ1) is 13.6. The maximum atomic E-state index is 14.0. The molecule has 4 rings (SSSR count). The van der Waals surface area contributed by atoms with Crippen molar-refractivity contribution in [3.63, 3.8) is 0 Å². The van der Waals surface area contributed by atoms with Crippen molar-refractivity contribution in [2.24, 2.45) is 0 Å². The molecule has 0 saturated carbocycles. The van der Waals surface area contributed by atoms with Crippen LogP contribution in [0.15, 0.2) is 78.9 Å². The van der Waals surface area contributed by atoms with Crippen LogP contribution in [-0.4, -0.2) is 29.9 Å². The molecule has 1 aliphatic rings. The Morgan fingerprint density at radius 1 is 0.857 bits per heavy atom. The highest BCUT2D eigenvalue weighted by Gasteiger charge is 2.32. The highest BCUT2D eigenvalue weighted by molar-refractivity contribution is 5.97. The lowest BCUT2D eigenvalue weighted by Crippen LogP contribution is -2.55. The second-order valence-corrected chi connectivity index (χ2v) is 7.14. The van der Waals surface area contributed by atoms with Crippen molar-refractivity contribution in [2.45, 2.75) is 19.5 Å². The average Bonchev–Trinajstić information content (AvgIpc) is 2.74. The molecule has 3 nitrogen and oxygen atoms in total. The Morgan fingerprint density at radius 2 is 1.50 bits per heavy atom. The lowest BCUT2D eigenvalue weighted by molar-refractivity contribution is -0.125. The van der Waals surface area contributed by atoms with Gasteiger partial charge in [0.2, 0.25) is 5.91 Å². The van der Waals surface area contributed by atoms with Gasteiger partial charge in [0.1, 0.15) is 5.82 Å². The normalized spacial score (nSPS) is 17.7. The van der Waals surface area contributed by atoms with Gasteiger partial charge in [-0.1, -0.05) is 60.7 Å². The topological polar surface area (TPSA) is 23.6 Å². The maximum absolute atomic E-state index is 14.0. The van der Waals surface area contributed by atoms with Crippen molar-refractivity contribution in [2.75, 3.05) is 18.0 Å². The molecule has 1 fully saturated rings. The molecule has 4 heteroatoms. The van der Waals surface area contributed by atoms with Crippen LogP contribution in [0.2, 0.25) is 0 Å². The zero-order chi connectivity index (χ0) is 19.5. The molecule has 142 valence electrons. The number of carbonyl (C=O) groups is 1. The van der Waals surface area contributed by atoms with Crippen LogP contribution in [0, 0.1) is 5.82 Å². The molecule has 0 bridgehead atoms. The fourth-order valence-electron chi connectivity index (χ4n) is 3.70. The van der Waals surface area contributed by atoms with Crippen LogP contribution < -0.4 is 4.90 Å². The highest BCUT2D eigenvalue weighted by Crippen LogP contribution is 2.26. The zero-order valence-corrected chi connectivity index (χ0v) is 15.9. The monoisotopic (exact) mass is 374 g/mol. The van der Waals surface area contributed by atoms with Crippen molar-refractivity contribution in [1.29, 1.82) is 0 Å². The third-order valence-corrected chi connectivity index (χ3v) is 5.40. The van der Waals surface area contributed by atoms with Gasteiger partial charge in [-0.2, -0.15) is 0 Å². The van der Waals surface area contributed by atoms with Gasteiger partial charge in [-0.05, 0) is 36.2 Å². The molecular formula is C24H23FN2O. The van der Waals surface area contributed by atoms with Gasteiger partial charge in [0.25, 0.3) is 0 Å². The Balaban J connectivity index is 1.47. The summed E-state index contributed by atoms with van der Waals surface area (Å²) in [5, 5.41) is 0. The molecule has 0 aliphatic carbocycles. The summed E-state index contributed by atoms with van der Waals surface area (Å²) in [6.07, 6.45) is 0. The molecule has 28 heavy (non-hydrogen) atoms. The summed E-state index contributed by atoms with van der Waals surface area (Å²) in [4.78, 5) is 16.8. The molecule has 1 saturated heterocycles. The quantitative estimate of drug-likeness (QED) is 0.659. The van der Waals surface area contributed by atoms with Crippen LogP contribution in [0.1, 0.15) is 12.5 Å². The van der Waals surface area contributed by atoms with E-state index in [0.717, 1.165) is 16.8 Å². The summed E-state index contributed by atoms with van der Waals surface area (Å²) in [5.74, 6) is -0.170. The van der Waals surface area contributed by atoms with E-state index in [0.29, 0.717) is 25.2 Å². The standard InChI is InChI=1S/C24H23FN2O/c1-18-24(28)27(16-15-26(18)17-21-9-5-6-10-23(21)25)22-13-11-20(12-14-22)19-7-3-2-4-8-19/h2-14,18H,15-17H2,1H3/t18-/m1/s1. The van der Waals surface area contributed by atoms with Crippen molar-refractivity contribution < 1.29 is 9.18 Å². The van der Waals surface area contributed by atoms with E-state index < -0.39 is 0 Å². The summed E-state index contributed by atoms with van der Waals surface area (Å²) in [6, 6.07) is 24.7. The number of piperazine rings is 1. The maximum Gasteiger partial charge on any atom is 0.244 e. The molecular weight excluding hydrogens is 351 g/mol. The molecule has 3 aromatic rings. The predicted octanol–water partition coefficient (Wildman–Crippen LogP) is 4.73. The second-order valence-electron chi connectivity index (χ2n) is 7.14. The van der Waals surface area contributed by atoms with Crippen LogP contribution in [0.5, 0.6) is 0 Å². The molecule has 0 radical (unpaired) electrons. The lowest BCUT2D eigenvalue weighted by atomic mass is 10.0. The average molecular weight is 374 g/mol. The Bertz CT molecular complexity index is 956. The summed E-state index contributed by atoms with van der Waals surface area (Å²) >= 11 is 0. The van der Waals surface area contributed by atoms with Gasteiger partial charge in [-0.3, -0.25) is 9.69 Å². The Morgan fingerprint density at radius 3 is 2.21 bits per heavy atom. The van der Waals surface area contributed by atoms with Gasteiger partial charge < -0.3 is 4.90 Å². The smallest absolute Gasteiger partial charge is 0.244 e. The lowest BCUT2D eigenvalue weighted by Gasteiger charge is -2.39. The molecule has 1 atom stereocenters. The minimum Gasteiger partial charge on any atom is -0.310 e. The van der Waals surface area contributed by atoms with E-state index in [4.69, 9.17) is 0 Å². The summed E-state index contributed by atoms with van der Waals surface area (Å²) in [5.41, 5.74) is 3.82. The van der Waals surface area contributed by atoms with E-state index in [1.54, 1.807) is 12.1 Å². The van der Waals surface area contributed by atoms with Crippen LogP contribution in [0.25, 0.3) is 11.1 Å². The van der Waals surface area contributed by atoms with E-state index >= 15 is 0 Å². The van der Waals surface area contributed by atoms with Crippen molar-refractivity contribution in [1.82, 2.24) is 4.90 Å². The van der Waals surface area contributed by atoms with E-state index in [-0.39, 0.29) is 17.8 Å². The zero-order valence-electron chi connectivity index (χ0n) is 15.9. The van der Waals surface area contributed by atoms with Gasteiger partial charge >= 0.3 is 0 Å². The highest BCUT2D eigenvalue weighted by atomic mass is 19.1. The van der Waals surface area contributed by atoms with Gasteiger partial charge in [0.15, 0.2) is 0 Å². The Labute approximate surface area is 165 Å². The van der Waals surface area contributed by atoms with E-state index in [1.807, 2.05) is 65.3 Å². The van der Waals surface area contributed by atoms with E-state index in [9.17, 15) is 9.18 Å².